The van der Waals surface area contributed by atoms with Crippen LogP contribution in [0.3, 0.4) is 0 Å². The SMILES string of the molecule is CN(CCc1cccs1)c1cc(C#N)ncn1. The molecule has 2 aromatic rings. The van der Waals surface area contributed by atoms with Gasteiger partial charge in [0.1, 0.15) is 23.9 Å². The molecule has 0 radical (unpaired) electrons. The second kappa shape index (κ2) is 5.41. The molecule has 0 aliphatic heterocycles. The van der Waals surface area contributed by atoms with Crippen molar-refractivity contribution in [2.75, 3.05) is 18.5 Å². The summed E-state index contributed by atoms with van der Waals surface area (Å²) in [5.41, 5.74) is 0.401. The van der Waals surface area contributed by atoms with Crippen LogP contribution in [-0.2, 0) is 6.42 Å². The Hall–Kier alpha value is -1.93. The molecule has 4 nitrogen and oxygen atoms in total. The first-order valence-corrected chi connectivity index (χ1v) is 6.13. The number of nitriles is 1. The summed E-state index contributed by atoms with van der Waals surface area (Å²) in [6.45, 7) is 0.877. The highest BCUT2D eigenvalue weighted by Gasteiger charge is 2.04. The lowest BCUT2D eigenvalue weighted by atomic mass is 10.3. The van der Waals surface area contributed by atoms with Gasteiger partial charge in [0.25, 0.3) is 0 Å². The maximum atomic E-state index is 8.77. The fourth-order valence-corrected chi connectivity index (χ4v) is 2.16. The number of aromatic nitrogens is 2. The first-order valence-electron chi connectivity index (χ1n) is 5.25. The van der Waals surface area contributed by atoms with Gasteiger partial charge in [-0.2, -0.15) is 5.26 Å². The molecular formula is C12H12N4S. The number of hydrogen-bond acceptors (Lipinski definition) is 5. The highest BCUT2D eigenvalue weighted by Crippen LogP contribution is 2.12. The maximum absolute atomic E-state index is 8.77. The molecule has 0 unspecified atom stereocenters. The third-order valence-corrected chi connectivity index (χ3v) is 3.37. The zero-order valence-electron chi connectivity index (χ0n) is 9.50. The molecule has 0 aliphatic rings. The van der Waals surface area contributed by atoms with Gasteiger partial charge in [0.2, 0.25) is 0 Å². The van der Waals surface area contributed by atoms with E-state index in [2.05, 4.69) is 27.5 Å². The van der Waals surface area contributed by atoms with Crippen molar-refractivity contribution in [2.45, 2.75) is 6.42 Å². The fourth-order valence-electron chi connectivity index (χ4n) is 1.46. The Balaban J connectivity index is 1.99. The lowest BCUT2D eigenvalue weighted by Gasteiger charge is -2.17. The van der Waals surface area contributed by atoms with Crippen molar-refractivity contribution in [2.24, 2.45) is 0 Å². The predicted octanol–water partition coefficient (Wildman–Crippen LogP) is 2.09. The molecule has 0 fully saturated rings. The summed E-state index contributed by atoms with van der Waals surface area (Å²) in [7, 11) is 1.97. The van der Waals surface area contributed by atoms with Crippen LogP contribution in [0, 0.1) is 11.3 Å². The summed E-state index contributed by atoms with van der Waals surface area (Å²) in [5.74, 6) is 0.785. The zero-order chi connectivity index (χ0) is 12.1. The molecule has 0 saturated heterocycles. The molecular weight excluding hydrogens is 232 g/mol. The fraction of sp³-hybridized carbons (Fsp3) is 0.250. The van der Waals surface area contributed by atoms with Crippen LogP contribution < -0.4 is 4.90 Å². The Morgan fingerprint density at radius 3 is 3.06 bits per heavy atom. The minimum Gasteiger partial charge on any atom is -0.359 e. The molecule has 2 aromatic heterocycles. The van der Waals surface area contributed by atoms with Gasteiger partial charge < -0.3 is 4.90 Å². The summed E-state index contributed by atoms with van der Waals surface area (Å²) >= 11 is 1.76. The summed E-state index contributed by atoms with van der Waals surface area (Å²) in [6, 6.07) is 7.90. The first-order chi connectivity index (χ1) is 8.29. The molecule has 0 aromatic carbocycles. The van der Waals surface area contributed by atoms with Gasteiger partial charge in [-0.25, -0.2) is 9.97 Å². The van der Waals surface area contributed by atoms with Crippen LogP contribution >= 0.6 is 11.3 Å². The van der Waals surface area contributed by atoms with Crippen LogP contribution in [0.2, 0.25) is 0 Å². The van der Waals surface area contributed by atoms with Gasteiger partial charge in [-0.05, 0) is 17.9 Å². The van der Waals surface area contributed by atoms with E-state index in [9.17, 15) is 0 Å². The summed E-state index contributed by atoms with van der Waals surface area (Å²) in [4.78, 5) is 11.4. The van der Waals surface area contributed by atoms with Gasteiger partial charge in [-0.1, -0.05) is 6.07 Å². The van der Waals surface area contributed by atoms with Gasteiger partial charge in [-0.15, -0.1) is 11.3 Å². The molecule has 0 bridgehead atoms. The van der Waals surface area contributed by atoms with Crippen LogP contribution in [0.1, 0.15) is 10.6 Å². The van der Waals surface area contributed by atoms with Crippen molar-refractivity contribution in [1.82, 2.24) is 9.97 Å². The van der Waals surface area contributed by atoms with E-state index in [0.29, 0.717) is 5.69 Å². The lowest BCUT2D eigenvalue weighted by molar-refractivity contribution is 0.863. The Bertz CT molecular complexity index is 516. The zero-order valence-corrected chi connectivity index (χ0v) is 10.3. The molecule has 0 spiro atoms. The van der Waals surface area contributed by atoms with E-state index < -0.39 is 0 Å². The second-order valence-electron chi connectivity index (χ2n) is 3.62. The van der Waals surface area contributed by atoms with Gasteiger partial charge in [0, 0.05) is 24.5 Å². The Morgan fingerprint density at radius 2 is 2.35 bits per heavy atom. The Labute approximate surface area is 104 Å². The molecule has 0 saturated carbocycles. The molecule has 0 amide bonds. The number of likely N-dealkylation sites (N-methyl/N-ethyl adjacent to an activating group) is 1. The molecule has 2 rings (SSSR count). The normalized spacial score (nSPS) is 9.88. The second-order valence-corrected chi connectivity index (χ2v) is 4.66. The van der Waals surface area contributed by atoms with Gasteiger partial charge in [0.05, 0.1) is 0 Å². The summed E-state index contributed by atoms with van der Waals surface area (Å²) in [5, 5.41) is 10.8. The van der Waals surface area contributed by atoms with Crippen molar-refractivity contribution in [1.29, 1.82) is 5.26 Å². The van der Waals surface area contributed by atoms with Gasteiger partial charge in [0.15, 0.2) is 0 Å². The maximum Gasteiger partial charge on any atom is 0.145 e. The van der Waals surface area contributed by atoms with E-state index in [1.54, 1.807) is 17.4 Å². The molecule has 17 heavy (non-hydrogen) atoms. The average molecular weight is 244 g/mol. The van der Waals surface area contributed by atoms with Crippen LogP contribution in [0.25, 0.3) is 0 Å². The van der Waals surface area contributed by atoms with E-state index >= 15 is 0 Å². The van der Waals surface area contributed by atoms with Crippen LogP contribution in [-0.4, -0.2) is 23.6 Å². The highest BCUT2D eigenvalue weighted by atomic mass is 32.1. The number of thiophene rings is 1. The van der Waals surface area contributed by atoms with E-state index in [1.807, 2.05) is 18.0 Å². The largest absolute Gasteiger partial charge is 0.359 e. The molecule has 5 heteroatoms. The minimum atomic E-state index is 0.401. The van der Waals surface area contributed by atoms with E-state index in [-0.39, 0.29) is 0 Å². The summed E-state index contributed by atoms with van der Waals surface area (Å²) < 4.78 is 0. The van der Waals surface area contributed by atoms with E-state index in [4.69, 9.17) is 5.26 Å². The number of nitrogens with zero attached hydrogens (tertiary/aromatic N) is 4. The smallest absolute Gasteiger partial charge is 0.145 e. The first kappa shape index (κ1) is 11.6. The molecule has 86 valence electrons. The summed E-state index contributed by atoms with van der Waals surface area (Å²) in [6.07, 6.45) is 2.41. The number of hydrogen-bond donors (Lipinski definition) is 0. The molecule has 0 aliphatic carbocycles. The van der Waals surface area contributed by atoms with Gasteiger partial charge >= 0.3 is 0 Å². The van der Waals surface area contributed by atoms with Crippen LogP contribution in [0.4, 0.5) is 5.82 Å². The lowest BCUT2D eigenvalue weighted by Crippen LogP contribution is -2.21. The quantitative estimate of drug-likeness (QED) is 0.826. The average Bonchev–Trinajstić information content (AvgIpc) is 2.89. The van der Waals surface area contributed by atoms with E-state index in [1.165, 1.54) is 11.2 Å². The van der Waals surface area contributed by atoms with Crippen LogP contribution in [0.5, 0.6) is 0 Å². The standard InChI is InChI=1S/C12H12N4S/c1-16(5-4-11-3-2-6-17-11)12-7-10(8-13)14-9-15-12/h2-3,6-7,9H,4-5H2,1H3. The Kier molecular flexibility index (Phi) is 3.68. The van der Waals surface area contributed by atoms with E-state index in [0.717, 1.165) is 18.8 Å². The molecule has 0 atom stereocenters. The minimum absolute atomic E-state index is 0.401. The molecule has 0 N–H and O–H groups in total. The van der Waals surface area contributed by atoms with Crippen molar-refractivity contribution in [3.05, 3.63) is 40.5 Å². The van der Waals surface area contributed by atoms with Crippen molar-refractivity contribution >= 4 is 17.2 Å². The van der Waals surface area contributed by atoms with Crippen LogP contribution in [0.15, 0.2) is 29.9 Å². The van der Waals surface area contributed by atoms with Crippen molar-refractivity contribution in [3.63, 3.8) is 0 Å². The topological polar surface area (TPSA) is 52.8 Å². The monoisotopic (exact) mass is 244 g/mol. The predicted molar refractivity (Wildman–Crippen MR) is 68.0 cm³/mol. The highest BCUT2D eigenvalue weighted by molar-refractivity contribution is 7.09. The third kappa shape index (κ3) is 3.02. The number of rotatable bonds is 4. The molecule has 2 heterocycles. The Morgan fingerprint density at radius 1 is 1.47 bits per heavy atom. The third-order valence-electron chi connectivity index (χ3n) is 2.43. The number of anilines is 1. The van der Waals surface area contributed by atoms with Gasteiger partial charge in [-0.3, -0.25) is 0 Å². The van der Waals surface area contributed by atoms with Crippen molar-refractivity contribution in [3.8, 4) is 6.07 Å². The van der Waals surface area contributed by atoms with Crippen molar-refractivity contribution < 1.29 is 0 Å².